The van der Waals surface area contributed by atoms with E-state index in [0.717, 1.165) is 13.1 Å². The molecule has 0 aliphatic carbocycles. The van der Waals surface area contributed by atoms with Crippen LogP contribution >= 0.6 is 0 Å². The molecule has 4 rings (SSSR count). The second kappa shape index (κ2) is 17.1. The molecule has 4 aromatic heterocycles. The monoisotopic (exact) mass is 564 g/mol. The Morgan fingerprint density at radius 1 is 0.405 bits per heavy atom. The van der Waals surface area contributed by atoms with E-state index in [9.17, 15) is 0 Å². The van der Waals surface area contributed by atoms with Gasteiger partial charge < -0.3 is 0 Å². The van der Waals surface area contributed by atoms with Crippen molar-refractivity contribution >= 4 is 0 Å². The minimum Gasteiger partial charge on any atom is -0.205 e. The molecule has 0 spiro atoms. The van der Waals surface area contributed by atoms with Gasteiger partial charge in [-0.3, -0.25) is 0 Å². The smallest absolute Gasteiger partial charge is 0.169 e. The molecule has 0 unspecified atom stereocenters. The Labute approximate surface area is 247 Å². The summed E-state index contributed by atoms with van der Waals surface area (Å²) in [7, 11) is 0. The fourth-order valence-electron chi connectivity index (χ4n) is 4.90. The summed E-state index contributed by atoms with van der Waals surface area (Å²) in [5.41, 5.74) is 21.6. The third kappa shape index (κ3) is 10.0. The highest BCUT2D eigenvalue weighted by Gasteiger charge is 2.07. The van der Waals surface area contributed by atoms with Gasteiger partial charge in [-0.25, -0.2) is 18.3 Å². The molecule has 0 bridgehead atoms. The van der Waals surface area contributed by atoms with E-state index in [1.165, 1.54) is 60.8 Å². The summed E-state index contributed by atoms with van der Waals surface area (Å²) < 4.78 is 8.59. The standard InChI is InChI=1S/C32H40N10/c33-37-35-15-27-41-23-11-31(12-24-41)29-7-19-39(20-8-29)17-5-3-1-2-4-6-18-40-21-9-30(10-22-40)32-13-25-42(26-14-32)28-16-36-38-34/h7-14,19-26H,1-6,15-18,27-28H2/q+4. The summed E-state index contributed by atoms with van der Waals surface area (Å²) in [5, 5.41) is 7.17. The summed E-state index contributed by atoms with van der Waals surface area (Å²) in [6.07, 6.45) is 24.3. The molecule has 0 aromatic carbocycles. The highest BCUT2D eigenvalue weighted by Crippen LogP contribution is 2.17. The number of pyridine rings is 4. The van der Waals surface area contributed by atoms with Crippen molar-refractivity contribution in [1.82, 2.24) is 0 Å². The molecule has 4 heterocycles. The minimum absolute atomic E-state index is 0.459. The van der Waals surface area contributed by atoms with E-state index in [-0.39, 0.29) is 0 Å². The van der Waals surface area contributed by atoms with Gasteiger partial charge in [-0.1, -0.05) is 23.1 Å². The zero-order valence-corrected chi connectivity index (χ0v) is 24.2. The summed E-state index contributed by atoms with van der Waals surface area (Å²) >= 11 is 0. The summed E-state index contributed by atoms with van der Waals surface area (Å²) in [5.74, 6) is 0. The summed E-state index contributed by atoms with van der Waals surface area (Å²) in [4.78, 5) is 5.59. The van der Waals surface area contributed by atoms with Crippen LogP contribution in [-0.2, 0) is 26.2 Å². The maximum atomic E-state index is 8.40. The van der Waals surface area contributed by atoms with Crippen LogP contribution in [0, 0.1) is 0 Å². The second-order valence-electron chi connectivity index (χ2n) is 10.3. The van der Waals surface area contributed by atoms with Crippen molar-refractivity contribution in [2.45, 2.75) is 64.7 Å². The van der Waals surface area contributed by atoms with E-state index in [0.29, 0.717) is 26.2 Å². The van der Waals surface area contributed by atoms with Gasteiger partial charge in [0.05, 0.1) is 13.1 Å². The minimum atomic E-state index is 0.459. The van der Waals surface area contributed by atoms with Crippen molar-refractivity contribution in [2.75, 3.05) is 13.1 Å². The average molecular weight is 565 g/mol. The first kappa shape index (κ1) is 30.2. The Hall–Kier alpha value is -4.78. The Kier molecular flexibility index (Phi) is 12.3. The lowest BCUT2D eigenvalue weighted by atomic mass is 10.1. The maximum Gasteiger partial charge on any atom is 0.169 e. The van der Waals surface area contributed by atoms with Crippen LogP contribution < -0.4 is 18.3 Å². The van der Waals surface area contributed by atoms with Crippen LogP contribution in [0.5, 0.6) is 0 Å². The van der Waals surface area contributed by atoms with Crippen molar-refractivity contribution < 1.29 is 18.3 Å². The fourth-order valence-corrected chi connectivity index (χ4v) is 4.90. The van der Waals surface area contributed by atoms with Gasteiger partial charge in [-0.15, -0.1) is 0 Å². The molecule has 0 saturated heterocycles. The van der Waals surface area contributed by atoms with Gasteiger partial charge in [0.1, 0.15) is 13.1 Å². The van der Waals surface area contributed by atoms with Gasteiger partial charge in [-0.2, -0.15) is 0 Å². The molecular formula is C32H40N10+4. The lowest BCUT2D eigenvalue weighted by Gasteiger charge is -2.03. The number of nitrogens with zero attached hydrogens (tertiary/aromatic N) is 10. The van der Waals surface area contributed by atoms with E-state index in [4.69, 9.17) is 11.1 Å². The van der Waals surface area contributed by atoms with Gasteiger partial charge >= 0.3 is 0 Å². The van der Waals surface area contributed by atoms with Crippen molar-refractivity contribution in [1.29, 1.82) is 0 Å². The quantitative estimate of drug-likeness (QED) is 0.0505. The average Bonchev–Trinajstić information content (AvgIpc) is 3.04. The predicted octanol–water partition coefficient (Wildman–Crippen LogP) is 5.83. The molecule has 42 heavy (non-hydrogen) atoms. The van der Waals surface area contributed by atoms with Crippen LogP contribution in [0.25, 0.3) is 43.1 Å². The van der Waals surface area contributed by atoms with Crippen molar-refractivity contribution in [3.8, 4) is 22.3 Å². The highest BCUT2D eigenvalue weighted by atomic mass is 15.1. The lowest BCUT2D eigenvalue weighted by molar-refractivity contribution is -0.697. The van der Waals surface area contributed by atoms with E-state index < -0.39 is 0 Å². The van der Waals surface area contributed by atoms with Crippen LogP contribution in [-0.4, -0.2) is 13.1 Å². The summed E-state index contributed by atoms with van der Waals surface area (Å²) in [6, 6.07) is 17.1. The first-order valence-corrected chi connectivity index (χ1v) is 14.7. The molecule has 4 aromatic rings. The molecule has 214 valence electrons. The van der Waals surface area contributed by atoms with Crippen LogP contribution in [0.3, 0.4) is 0 Å². The van der Waals surface area contributed by atoms with E-state index in [2.05, 4.69) is 103 Å². The number of aromatic nitrogens is 4. The molecule has 0 atom stereocenters. The number of rotatable bonds is 17. The molecule has 0 fully saturated rings. The Morgan fingerprint density at radius 3 is 0.952 bits per heavy atom. The highest BCUT2D eigenvalue weighted by molar-refractivity contribution is 5.61. The third-order valence-corrected chi connectivity index (χ3v) is 7.36. The zero-order valence-electron chi connectivity index (χ0n) is 24.2. The number of aryl methyl sites for hydroxylation is 2. The SMILES string of the molecule is [N-]=[N+]=NCC[n+]1ccc(-c2cc[n+](CCCCCCCC[n+]3ccc(-c4cc[n+](CCN=[N+]=[N-])cc4)cc3)cc2)cc1. The molecule has 10 nitrogen and oxygen atoms in total. The number of azide groups is 2. The molecule has 0 saturated carbocycles. The van der Waals surface area contributed by atoms with Crippen molar-refractivity contribution in [3.63, 3.8) is 0 Å². The van der Waals surface area contributed by atoms with Crippen LogP contribution in [0.2, 0.25) is 0 Å². The van der Waals surface area contributed by atoms with Gasteiger partial charge in [0.2, 0.25) is 0 Å². The van der Waals surface area contributed by atoms with E-state index in [1.807, 2.05) is 33.9 Å². The van der Waals surface area contributed by atoms with Crippen molar-refractivity contribution in [3.05, 3.63) is 119 Å². The fraction of sp³-hybridized carbons (Fsp3) is 0.375. The largest absolute Gasteiger partial charge is 0.205 e. The molecule has 0 radical (unpaired) electrons. The molecule has 0 amide bonds. The van der Waals surface area contributed by atoms with Crippen molar-refractivity contribution in [2.24, 2.45) is 10.2 Å². The van der Waals surface area contributed by atoms with Gasteiger partial charge in [0, 0.05) is 71.2 Å². The zero-order chi connectivity index (χ0) is 29.2. The number of hydrogen-bond donors (Lipinski definition) is 0. The topological polar surface area (TPSA) is 113 Å². The first-order chi connectivity index (χ1) is 20.7. The Bertz CT molecular complexity index is 1340. The van der Waals surface area contributed by atoms with Gasteiger partial charge in [0.15, 0.2) is 62.7 Å². The Morgan fingerprint density at radius 2 is 0.667 bits per heavy atom. The normalized spacial score (nSPS) is 10.6. The van der Waals surface area contributed by atoms with Gasteiger partial charge in [-0.05, 0) is 46.2 Å². The summed E-state index contributed by atoms with van der Waals surface area (Å²) in [6.45, 7) is 4.39. The number of hydrogen-bond acceptors (Lipinski definition) is 2. The predicted molar refractivity (Wildman–Crippen MR) is 160 cm³/mol. The third-order valence-electron chi connectivity index (χ3n) is 7.36. The lowest BCUT2D eigenvalue weighted by Crippen LogP contribution is -2.34. The molecule has 0 N–H and O–H groups in total. The molecule has 10 heteroatoms. The maximum absolute atomic E-state index is 8.40. The van der Waals surface area contributed by atoms with Crippen LogP contribution in [0.4, 0.5) is 0 Å². The van der Waals surface area contributed by atoms with E-state index >= 15 is 0 Å². The molecule has 0 aliphatic heterocycles. The molecular weight excluding hydrogens is 524 g/mol. The van der Waals surface area contributed by atoms with Crippen LogP contribution in [0.15, 0.2) is 108 Å². The number of unbranched alkanes of at least 4 members (excludes halogenated alkanes) is 5. The second-order valence-corrected chi connectivity index (χ2v) is 10.3. The first-order valence-electron chi connectivity index (χ1n) is 14.7. The van der Waals surface area contributed by atoms with Crippen LogP contribution in [0.1, 0.15) is 38.5 Å². The van der Waals surface area contributed by atoms with E-state index in [1.54, 1.807) is 0 Å². The van der Waals surface area contributed by atoms with Gasteiger partial charge in [0.25, 0.3) is 0 Å². The Balaban J connectivity index is 1.08. The molecule has 0 aliphatic rings.